The summed E-state index contributed by atoms with van der Waals surface area (Å²) in [5.41, 5.74) is 3.21. The molecular formula is C12H16N2O. The van der Waals surface area contributed by atoms with E-state index in [9.17, 15) is 4.79 Å². The summed E-state index contributed by atoms with van der Waals surface area (Å²) < 4.78 is 0. The molecule has 0 radical (unpaired) electrons. The number of carbonyl (C=O) groups is 1. The third-order valence-electron chi connectivity index (χ3n) is 2.80. The van der Waals surface area contributed by atoms with Crippen LogP contribution in [0.5, 0.6) is 0 Å². The molecule has 1 aromatic carbocycles. The van der Waals surface area contributed by atoms with Crippen molar-refractivity contribution in [3.8, 4) is 0 Å². The zero-order valence-electron chi connectivity index (χ0n) is 9.13. The topological polar surface area (TPSA) is 41.1 Å². The quantitative estimate of drug-likeness (QED) is 0.736. The predicted octanol–water partition coefficient (Wildman–Crippen LogP) is 2.25. The van der Waals surface area contributed by atoms with Crippen LogP contribution in [0.1, 0.15) is 19.4 Å². The lowest BCUT2D eigenvalue weighted by Crippen LogP contribution is -2.22. The number of anilines is 2. The summed E-state index contributed by atoms with van der Waals surface area (Å²) in [5, 5.41) is 6.22. The molecule has 1 atom stereocenters. The van der Waals surface area contributed by atoms with Crippen LogP contribution in [-0.4, -0.2) is 12.5 Å². The minimum Gasteiger partial charge on any atom is -0.383 e. The van der Waals surface area contributed by atoms with Gasteiger partial charge in [0.1, 0.15) is 0 Å². The van der Waals surface area contributed by atoms with Gasteiger partial charge in [-0.2, -0.15) is 0 Å². The average Bonchev–Trinajstić information content (AvgIpc) is 2.39. The van der Waals surface area contributed by atoms with Gasteiger partial charge in [-0.3, -0.25) is 4.79 Å². The maximum Gasteiger partial charge on any atom is 0.229 e. The Morgan fingerprint density at radius 3 is 2.93 bits per heavy atom. The zero-order valence-corrected chi connectivity index (χ0v) is 9.13. The molecule has 3 nitrogen and oxygen atoms in total. The summed E-state index contributed by atoms with van der Waals surface area (Å²) in [6, 6.07) is 6.13. The number of carbonyl (C=O) groups excluding carboxylic acids is 1. The molecule has 80 valence electrons. The first-order valence-electron chi connectivity index (χ1n) is 5.38. The third-order valence-corrected chi connectivity index (χ3v) is 2.80. The Kier molecular flexibility index (Phi) is 2.62. The van der Waals surface area contributed by atoms with Crippen LogP contribution in [0, 0.1) is 5.92 Å². The van der Waals surface area contributed by atoms with Crippen molar-refractivity contribution < 1.29 is 4.79 Å². The SMILES string of the molecule is CCc1ccc2c(c1)NCC(C)C(=O)N2. The second-order valence-corrected chi connectivity index (χ2v) is 4.00. The fourth-order valence-electron chi connectivity index (χ4n) is 1.68. The summed E-state index contributed by atoms with van der Waals surface area (Å²) in [6.45, 7) is 4.75. The van der Waals surface area contributed by atoms with Crippen molar-refractivity contribution in [3.63, 3.8) is 0 Å². The van der Waals surface area contributed by atoms with Gasteiger partial charge in [0.25, 0.3) is 0 Å². The van der Waals surface area contributed by atoms with Crippen LogP contribution < -0.4 is 10.6 Å². The second-order valence-electron chi connectivity index (χ2n) is 4.00. The minimum atomic E-state index is 0.0162. The summed E-state index contributed by atoms with van der Waals surface area (Å²) >= 11 is 0. The molecule has 0 spiro atoms. The molecule has 3 heteroatoms. The van der Waals surface area contributed by atoms with Crippen molar-refractivity contribution in [2.45, 2.75) is 20.3 Å². The Morgan fingerprint density at radius 2 is 2.20 bits per heavy atom. The minimum absolute atomic E-state index is 0.0162. The molecule has 1 heterocycles. The van der Waals surface area contributed by atoms with Crippen molar-refractivity contribution in [2.24, 2.45) is 5.92 Å². The maximum absolute atomic E-state index is 11.6. The van der Waals surface area contributed by atoms with E-state index in [1.54, 1.807) is 0 Å². The zero-order chi connectivity index (χ0) is 10.8. The summed E-state index contributed by atoms with van der Waals surface area (Å²) in [6.07, 6.45) is 1.01. The van der Waals surface area contributed by atoms with Crippen molar-refractivity contribution in [3.05, 3.63) is 23.8 Å². The van der Waals surface area contributed by atoms with Gasteiger partial charge in [-0.05, 0) is 24.1 Å². The predicted molar refractivity (Wildman–Crippen MR) is 62.1 cm³/mol. The third kappa shape index (κ3) is 1.96. The number of fused-ring (bicyclic) bond motifs is 1. The largest absolute Gasteiger partial charge is 0.383 e. The molecule has 2 rings (SSSR count). The van der Waals surface area contributed by atoms with Crippen LogP contribution in [0.4, 0.5) is 11.4 Å². The number of aryl methyl sites for hydroxylation is 1. The fraction of sp³-hybridized carbons (Fsp3) is 0.417. The number of nitrogens with one attached hydrogen (secondary N) is 2. The molecule has 1 aliphatic rings. The van der Waals surface area contributed by atoms with E-state index in [2.05, 4.69) is 29.7 Å². The van der Waals surface area contributed by atoms with Gasteiger partial charge in [0, 0.05) is 6.54 Å². The molecule has 1 aliphatic heterocycles. The molecule has 0 saturated carbocycles. The highest BCUT2D eigenvalue weighted by atomic mass is 16.1. The number of hydrogen-bond donors (Lipinski definition) is 2. The van der Waals surface area contributed by atoms with Gasteiger partial charge in [-0.25, -0.2) is 0 Å². The highest BCUT2D eigenvalue weighted by molar-refractivity contribution is 5.97. The Balaban J connectivity index is 2.34. The highest BCUT2D eigenvalue weighted by Crippen LogP contribution is 2.26. The molecule has 0 saturated heterocycles. The maximum atomic E-state index is 11.6. The number of amides is 1. The molecule has 0 bridgehead atoms. The molecule has 0 fully saturated rings. The van der Waals surface area contributed by atoms with Crippen molar-refractivity contribution in [1.82, 2.24) is 0 Å². The molecular weight excluding hydrogens is 188 g/mol. The van der Waals surface area contributed by atoms with Gasteiger partial charge in [-0.15, -0.1) is 0 Å². The summed E-state index contributed by atoms with van der Waals surface area (Å²) in [5.74, 6) is 0.105. The average molecular weight is 204 g/mol. The van der Waals surface area contributed by atoms with E-state index in [-0.39, 0.29) is 11.8 Å². The first kappa shape index (κ1) is 10.0. The molecule has 1 unspecified atom stereocenters. The normalized spacial score (nSPS) is 19.9. The molecule has 0 aromatic heterocycles. The molecule has 0 aliphatic carbocycles. The second kappa shape index (κ2) is 3.93. The molecule has 1 aromatic rings. The van der Waals surface area contributed by atoms with Crippen LogP contribution in [0.3, 0.4) is 0 Å². The van der Waals surface area contributed by atoms with Crippen LogP contribution >= 0.6 is 0 Å². The van der Waals surface area contributed by atoms with E-state index in [1.807, 2.05) is 13.0 Å². The Hall–Kier alpha value is -1.51. The van der Waals surface area contributed by atoms with Crippen LogP contribution in [0.25, 0.3) is 0 Å². The van der Waals surface area contributed by atoms with E-state index in [1.165, 1.54) is 5.56 Å². The van der Waals surface area contributed by atoms with Gasteiger partial charge >= 0.3 is 0 Å². The fourth-order valence-corrected chi connectivity index (χ4v) is 1.68. The molecule has 15 heavy (non-hydrogen) atoms. The number of rotatable bonds is 1. The Labute approximate surface area is 89.9 Å². The van der Waals surface area contributed by atoms with Gasteiger partial charge in [0.05, 0.1) is 17.3 Å². The first-order valence-corrected chi connectivity index (χ1v) is 5.38. The highest BCUT2D eigenvalue weighted by Gasteiger charge is 2.18. The lowest BCUT2D eigenvalue weighted by atomic mass is 10.1. The van der Waals surface area contributed by atoms with Gasteiger partial charge in [0.15, 0.2) is 0 Å². The van der Waals surface area contributed by atoms with E-state index in [0.717, 1.165) is 17.8 Å². The van der Waals surface area contributed by atoms with Crippen molar-refractivity contribution >= 4 is 17.3 Å². The number of hydrogen-bond acceptors (Lipinski definition) is 2. The lowest BCUT2D eigenvalue weighted by molar-refractivity contribution is -0.118. The van der Waals surface area contributed by atoms with E-state index in [0.29, 0.717) is 6.54 Å². The summed E-state index contributed by atoms with van der Waals surface area (Å²) in [7, 11) is 0. The Bertz CT molecular complexity index is 387. The van der Waals surface area contributed by atoms with Crippen molar-refractivity contribution in [2.75, 3.05) is 17.2 Å². The van der Waals surface area contributed by atoms with E-state index in [4.69, 9.17) is 0 Å². The van der Waals surface area contributed by atoms with E-state index < -0.39 is 0 Å². The van der Waals surface area contributed by atoms with Gasteiger partial charge < -0.3 is 10.6 Å². The van der Waals surface area contributed by atoms with Crippen molar-refractivity contribution in [1.29, 1.82) is 0 Å². The van der Waals surface area contributed by atoms with Crippen LogP contribution in [0.15, 0.2) is 18.2 Å². The first-order chi connectivity index (χ1) is 7.20. The summed E-state index contributed by atoms with van der Waals surface area (Å²) in [4.78, 5) is 11.6. The molecule has 1 amide bonds. The standard InChI is InChI=1S/C12H16N2O/c1-3-9-4-5-10-11(6-9)13-7-8(2)12(15)14-10/h4-6,8,13H,3,7H2,1-2H3,(H,14,15). The van der Waals surface area contributed by atoms with Gasteiger partial charge in [-0.1, -0.05) is 19.9 Å². The van der Waals surface area contributed by atoms with Crippen LogP contribution in [0.2, 0.25) is 0 Å². The van der Waals surface area contributed by atoms with Gasteiger partial charge in [0.2, 0.25) is 5.91 Å². The smallest absolute Gasteiger partial charge is 0.229 e. The monoisotopic (exact) mass is 204 g/mol. The van der Waals surface area contributed by atoms with E-state index >= 15 is 0 Å². The molecule has 2 N–H and O–H groups in total. The lowest BCUT2D eigenvalue weighted by Gasteiger charge is -2.08. The Morgan fingerprint density at radius 1 is 1.40 bits per heavy atom. The number of benzene rings is 1. The van der Waals surface area contributed by atoms with Crippen LogP contribution in [-0.2, 0) is 11.2 Å².